The van der Waals surface area contributed by atoms with E-state index in [1.165, 1.54) is 22.5 Å². The smallest absolute Gasteiger partial charge is 0.243 e. The number of fused-ring (bicyclic) bond motifs is 1. The van der Waals surface area contributed by atoms with Crippen molar-refractivity contribution in [3.05, 3.63) is 28.8 Å². The van der Waals surface area contributed by atoms with E-state index in [9.17, 15) is 8.42 Å². The highest BCUT2D eigenvalue weighted by Crippen LogP contribution is 2.27. The number of halogens is 1. The van der Waals surface area contributed by atoms with Gasteiger partial charge in [-0.3, -0.25) is 4.90 Å². The molecule has 0 bridgehead atoms. The maximum atomic E-state index is 12.7. The molecule has 0 unspecified atom stereocenters. The van der Waals surface area contributed by atoms with Gasteiger partial charge in [0.15, 0.2) is 0 Å². The highest BCUT2D eigenvalue weighted by molar-refractivity contribution is 7.89. The van der Waals surface area contributed by atoms with Crippen molar-refractivity contribution in [1.82, 2.24) is 9.21 Å². The first-order valence-corrected chi connectivity index (χ1v) is 8.78. The Morgan fingerprint density at radius 1 is 1.29 bits per heavy atom. The van der Waals surface area contributed by atoms with Crippen LogP contribution in [-0.2, 0) is 10.0 Å². The molecule has 1 atom stereocenters. The van der Waals surface area contributed by atoms with E-state index in [1.807, 2.05) is 6.07 Å². The molecule has 1 aromatic rings. The SMILES string of the molecule is N#Cc1cc(S(=O)(=O)N2CCN3CCC[C@@H]3C2)ccc1Cl. The number of nitrogens with zero attached hydrogens (tertiary/aromatic N) is 3. The second kappa shape index (κ2) is 5.58. The summed E-state index contributed by atoms with van der Waals surface area (Å²) in [4.78, 5) is 2.50. The van der Waals surface area contributed by atoms with Crippen LogP contribution in [-0.4, -0.2) is 49.8 Å². The molecule has 0 amide bonds. The lowest BCUT2D eigenvalue weighted by Crippen LogP contribution is -2.51. The average Bonchev–Trinajstić information content (AvgIpc) is 2.94. The van der Waals surface area contributed by atoms with Gasteiger partial charge in [0.25, 0.3) is 0 Å². The molecule has 2 saturated heterocycles. The zero-order chi connectivity index (χ0) is 15.0. The molecule has 112 valence electrons. The van der Waals surface area contributed by atoms with Gasteiger partial charge in [0.05, 0.1) is 15.5 Å². The Labute approximate surface area is 129 Å². The van der Waals surface area contributed by atoms with Crippen LogP contribution >= 0.6 is 11.6 Å². The molecule has 0 spiro atoms. The van der Waals surface area contributed by atoms with Gasteiger partial charge in [0.2, 0.25) is 10.0 Å². The van der Waals surface area contributed by atoms with Gasteiger partial charge in [-0.15, -0.1) is 0 Å². The van der Waals surface area contributed by atoms with Gasteiger partial charge in [0, 0.05) is 25.7 Å². The van der Waals surface area contributed by atoms with E-state index < -0.39 is 10.0 Å². The molecule has 5 nitrogen and oxygen atoms in total. The molecule has 0 saturated carbocycles. The maximum absolute atomic E-state index is 12.7. The molecule has 0 N–H and O–H groups in total. The summed E-state index contributed by atoms with van der Waals surface area (Å²) in [5.41, 5.74) is 0.192. The largest absolute Gasteiger partial charge is 0.298 e. The van der Waals surface area contributed by atoms with Crippen LogP contribution in [0, 0.1) is 11.3 Å². The van der Waals surface area contributed by atoms with E-state index in [4.69, 9.17) is 16.9 Å². The van der Waals surface area contributed by atoms with Crippen LogP contribution in [0.2, 0.25) is 5.02 Å². The fourth-order valence-corrected chi connectivity index (χ4v) is 4.74. The Hall–Kier alpha value is -1.13. The minimum atomic E-state index is -3.55. The van der Waals surface area contributed by atoms with E-state index in [-0.39, 0.29) is 15.5 Å². The molecular formula is C14H16ClN3O2S. The number of hydrogen-bond donors (Lipinski definition) is 0. The van der Waals surface area contributed by atoms with E-state index in [1.54, 1.807) is 0 Å². The Morgan fingerprint density at radius 3 is 2.86 bits per heavy atom. The second-order valence-corrected chi connectivity index (χ2v) is 7.79. The van der Waals surface area contributed by atoms with E-state index in [2.05, 4.69) is 4.90 Å². The quantitative estimate of drug-likeness (QED) is 0.830. The van der Waals surface area contributed by atoms with Crippen LogP contribution in [0.25, 0.3) is 0 Å². The molecular weight excluding hydrogens is 310 g/mol. The first-order chi connectivity index (χ1) is 10.0. The maximum Gasteiger partial charge on any atom is 0.243 e. The number of hydrogen-bond acceptors (Lipinski definition) is 4. The first kappa shape index (κ1) is 14.8. The fourth-order valence-electron chi connectivity index (χ4n) is 3.08. The van der Waals surface area contributed by atoms with Gasteiger partial charge in [-0.25, -0.2) is 8.42 Å². The van der Waals surface area contributed by atoms with Gasteiger partial charge in [-0.2, -0.15) is 9.57 Å². The Morgan fingerprint density at radius 2 is 2.10 bits per heavy atom. The molecule has 2 heterocycles. The summed E-state index contributed by atoms with van der Waals surface area (Å²) in [6.07, 6.45) is 2.19. The number of nitriles is 1. The summed E-state index contributed by atoms with van der Waals surface area (Å²) in [6, 6.07) is 6.56. The summed E-state index contributed by atoms with van der Waals surface area (Å²) < 4.78 is 27.0. The summed E-state index contributed by atoms with van der Waals surface area (Å²) in [7, 11) is -3.55. The Balaban J connectivity index is 1.88. The Bertz CT molecular complexity index is 699. The van der Waals surface area contributed by atoms with Crippen molar-refractivity contribution in [3.8, 4) is 6.07 Å². The van der Waals surface area contributed by atoms with Crippen molar-refractivity contribution in [2.75, 3.05) is 26.2 Å². The standard InChI is InChI=1S/C14H16ClN3O2S/c15-14-4-3-13(8-11(14)9-16)21(19,20)18-7-6-17-5-1-2-12(17)10-18/h3-4,8,12H,1-2,5-7,10H2/t12-/m1/s1. The first-order valence-electron chi connectivity index (χ1n) is 6.96. The molecule has 2 aliphatic heterocycles. The molecule has 2 fully saturated rings. The summed E-state index contributed by atoms with van der Waals surface area (Å²) in [6.45, 7) is 2.89. The molecule has 3 rings (SSSR count). The zero-order valence-corrected chi connectivity index (χ0v) is 13.1. The molecule has 7 heteroatoms. The highest BCUT2D eigenvalue weighted by atomic mass is 35.5. The highest BCUT2D eigenvalue weighted by Gasteiger charge is 2.36. The van der Waals surface area contributed by atoms with Crippen LogP contribution in [0.5, 0.6) is 0 Å². The number of benzene rings is 1. The molecule has 0 radical (unpaired) electrons. The third kappa shape index (κ3) is 2.67. The Kier molecular flexibility index (Phi) is 3.93. The van der Waals surface area contributed by atoms with Crippen molar-refractivity contribution in [3.63, 3.8) is 0 Å². The molecule has 1 aromatic carbocycles. The van der Waals surface area contributed by atoms with Crippen LogP contribution in [0.4, 0.5) is 0 Å². The van der Waals surface area contributed by atoms with Crippen molar-refractivity contribution in [1.29, 1.82) is 5.26 Å². The van der Waals surface area contributed by atoms with Gasteiger partial charge < -0.3 is 0 Å². The third-order valence-corrected chi connectivity index (χ3v) is 6.44. The fraction of sp³-hybridized carbons (Fsp3) is 0.500. The van der Waals surface area contributed by atoms with E-state index in [0.717, 1.165) is 25.9 Å². The number of piperazine rings is 1. The minimum absolute atomic E-state index is 0.148. The van der Waals surface area contributed by atoms with Gasteiger partial charge in [-0.1, -0.05) is 11.6 Å². The van der Waals surface area contributed by atoms with Gasteiger partial charge >= 0.3 is 0 Å². The van der Waals surface area contributed by atoms with Crippen LogP contribution in [0.3, 0.4) is 0 Å². The zero-order valence-electron chi connectivity index (χ0n) is 11.5. The molecule has 21 heavy (non-hydrogen) atoms. The summed E-state index contributed by atoms with van der Waals surface area (Å²) >= 11 is 5.87. The van der Waals surface area contributed by atoms with Crippen LogP contribution in [0.1, 0.15) is 18.4 Å². The van der Waals surface area contributed by atoms with Gasteiger partial charge in [0.1, 0.15) is 6.07 Å². The topological polar surface area (TPSA) is 64.4 Å². The van der Waals surface area contributed by atoms with Crippen molar-refractivity contribution >= 4 is 21.6 Å². The van der Waals surface area contributed by atoms with E-state index >= 15 is 0 Å². The predicted octanol–water partition coefficient (Wildman–Crippen LogP) is 1.68. The summed E-state index contributed by atoms with van der Waals surface area (Å²) in [5.74, 6) is 0. The summed E-state index contributed by atoms with van der Waals surface area (Å²) in [5, 5.41) is 9.27. The van der Waals surface area contributed by atoms with Crippen LogP contribution in [0.15, 0.2) is 23.1 Å². The second-order valence-electron chi connectivity index (χ2n) is 5.45. The lowest BCUT2D eigenvalue weighted by Gasteiger charge is -2.36. The lowest BCUT2D eigenvalue weighted by atomic mass is 10.2. The lowest BCUT2D eigenvalue weighted by molar-refractivity contribution is 0.158. The van der Waals surface area contributed by atoms with Crippen molar-refractivity contribution in [2.45, 2.75) is 23.8 Å². The number of sulfonamides is 1. The molecule has 0 aromatic heterocycles. The average molecular weight is 326 g/mol. The number of rotatable bonds is 2. The van der Waals surface area contributed by atoms with E-state index in [0.29, 0.717) is 19.1 Å². The monoisotopic (exact) mass is 325 g/mol. The van der Waals surface area contributed by atoms with Gasteiger partial charge in [-0.05, 0) is 37.6 Å². The third-order valence-electron chi connectivity index (χ3n) is 4.25. The molecule has 0 aliphatic carbocycles. The minimum Gasteiger partial charge on any atom is -0.298 e. The molecule has 2 aliphatic rings. The van der Waals surface area contributed by atoms with Crippen LogP contribution < -0.4 is 0 Å². The predicted molar refractivity (Wildman–Crippen MR) is 79.5 cm³/mol. The van der Waals surface area contributed by atoms with Crippen molar-refractivity contribution in [2.24, 2.45) is 0 Å². The normalized spacial score (nSPS) is 23.7. The van der Waals surface area contributed by atoms with Crippen molar-refractivity contribution < 1.29 is 8.42 Å².